The summed E-state index contributed by atoms with van der Waals surface area (Å²) < 4.78 is 5.11. The highest BCUT2D eigenvalue weighted by Crippen LogP contribution is 2.00. The van der Waals surface area contributed by atoms with E-state index >= 15 is 0 Å². The molecule has 0 unspecified atom stereocenters. The zero-order valence-electron chi connectivity index (χ0n) is 11.2. The van der Waals surface area contributed by atoms with Crippen LogP contribution in [0.4, 0.5) is 4.79 Å². The number of rotatable bonds is 7. The quantitative estimate of drug-likeness (QED) is 0.756. The Morgan fingerprint density at radius 3 is 2.50 bits per heavy atom. The van der Waals surface area contributed by atoms with Crippen LogP contribution in [0.25, 0.3) is 0 Å². The average Bonchev–Trinajstić information content (AvgIpc) is 2.42. The fraction of sp³-hybridized carbons (Fsp3) is 0.500. The van der Waals surface area contributed by atoms with Gasteiger partial charge >= 0.3 is 6.09 Å². The Morgan fingerprint density at radius 1 is 1.22 bits per heavy atom. The van der Waals surface area contributed by atoms with E-state index in [-0.39, 0.29) is 6.09 Å². The van der Waals surface area contributed by atoms with Crippen LogP contribution in [0.1, 0.15) is 19.4 Å². The van der Waals surface area contributed by atoms with Gasteiger partial charge in [-0.05, 0) is 18.7 Å². The second-order valence-electron chi connectivity index (χ2n) is 4.02. The fourth-order valence-electron chi connectivity index (χ4n) is 1.63. The van der Waals surface area contributed by atoms with Crippen molar-refractivity contribution < 1.29 is 9.53 Å². The number of carbonyl (C=O) groups excluding carboxylic acids is 1. The number of hydrogen-bond acceptors (Lipinski definition) is 3. The molecule has 0 aliphatic carbocycles. The Hall–Kier alpha value is -1.55. The first-order valence-corrected chi connectivity index (χ1v) is 6.43. The molecular weight excluding hydrogens is 229 g/mol. The highest BCUT2D eigenvalue weighted by molar-refractivity contribution is 5.67. The molecule has 0 saturated carbocycles. The van der Waals surface area contributed by atoms with Gasteiger partial charge in [0.2, 0.25) is 0 Å². The first-order chi connectivity index (χ1) is 8.76. The molecule has 1 amide bonds. The molecule has 0 aromatic heterocycles. The average molecular weight is 251 g/mol. The number of carbonyl (C=O) groups is 1. The molecule has 1 aromatic carbocycles. The molecule has 0 aliphatic rings. The molecule has 1 N–H and O–H groups in total. The van der Waals surface area contributed by atoms with E-state index in [2.05, 4.69) is 24.1 Å². The van der Waals surface area contributed by atoms with Gasteiger partial charge in [-0.1, -0.05) is 44.2 Å². The van der Waals surface area contributed by atoms with Gasteiger partial charge in [0.05, 0.1) is 0 Å². The second kappa shape index (κ2) is 8.53. The third kappa shape index (κ3) is 5.68. The minimum atomic E-state index is -0.356. The van der Waals surface area contributed by atoms with E-state index in [1.54, 1.807) is 0 Å². The lowest BCUT2D eigenvalue weighted by molar-refractivity contribution is 0.138. The molecule has 1 aromatic rings. The molecule has 0 saturated heterocycles. The van der Waals surface area contributed by atoms with Gasteiger partial charge in [-0.3, -0.25) is 0 Å². The first-order valence-electron chi connectivity index (χ1n) is 6.43. The van der Waals surface area contributed by atoms with Crippen LogP contribution in [0.5, 0.6) is 0 Å². The van der Waals surface area contributed by atoms with Gasteiger partial charge < -0.3 is 15.0 Å². The molecule has 4 heteroatoms. The van der Waals surface area contributed by atoms with Crippen molar-refractivity contribution >= 4 is 6.09 Å². The van der Waals surface area contributed by atoms with Crippen LogP contribution in [0.3, 0.4) is 0 Å². The summed E-state index contributed by atoms with van der Waals surface area (Å²) in [6, 6.07) is 9.66. The maximum Gasteiger partial charge on any atom is 0.407 e. The van der Waals surface area contributed by atoms with Crippen molar-refractivity contribution in [3.63, 3.8) is 0 Å². The van der Waals surface area contributed by atoms with E-state index in [4.69, 9.17) is 4.74 Å². The third-order valence-corrected chi connectivity index (χ3v) is 2.80. The lowest BCUT2D eigenvalue weighted by Crippen LogP contribution is -2.35. The Kier molecular flexibility index (Phi) is 6.87. The van der Waals surface area contributed by atoms with Crippen LogP contribution in [0.2, 0.25) is 0 Å². The normalized spacial score (nSPS) is 10.4. The van der Waals surface area contributed by atoms with E-state index in [0.29, 0.717) is 13.2 Å². The first kappa shape index (κ1) is 14.5. The standard InChI is InChI=1S/C14H22N2O2/c1-3-16(4-2)11-10-15-14(17)18-12-13-8-6-5-7-9-13/h5-9H,3-4,10-12H2,1-2H3,(H,15,17)/i11+1. The van der Waals surface area contributed by atoms with Crippen LogP contribution in [-0.2, 0) is 11.3 Å². The molecule has 1 rings (SSSR count). The van der Waals surface area contributed by atoms with Crippen LogP contribution in [0.15, 0.2) is 30.3 Å². The number of ether oxygens (including phenoxy) is 1. The van der Waals surface area contributed by atoms with Gasteiger partial charge in [-0.15, -0.1) is 0 Å². The van der Waals surface area contributed by atoms with Crippen molar-refractivity contribution in [3.05, 3.63) is 35.9 Å². The molecule has 0 bridgehead atoms. The van der Waals surface area contributed by atoms with Crippen molar-refractivity contribution in [3.8, 4) is 0 Å². The van der Waals surface area contributed by atoms with Crippen molar-refractivity contribution in [1.82, 2.24) is 10.2 Å². The summed E-state index contributed by atoms with van der Waals surface area (Å²) in [5.74, 6) is 0. The lowest BCUT2D eigenvalue weighted by atomic mass is 10.2. The predicted octanol–water partition coefficient (Wildman–Crippen LogP) is 2.25. The zero-order valence-corrected chi connectivity index (χ0v) is 11.2. The minimum absolute atomic E-state index is 0.317. The molecule has 0 fully saturated rings. The fourth-order valence-corrected chi connectivity index (χ4v) is 1.63. The molecule has 0 spiro atoms. The number of alkyl carbamates (subject to hydrolysis) is 1. The summed E-state index contributed by atoms with van der Waals surface area (Å²) in [6.45, 7) is 8.00. The zero-order chi connectivity index (χ0) is 13.2. The molecule has 4 nitrogen and oxygen atoms in total. The largest absolute Gasteiger partial charge is 0.445 e. The maximum atomic E-state index is 11.4. The number of nitrogens with one attached hydrogen (secondary N) is 1. The van der Waals surface area contributed by atoms with E-state index in [0.717, 1.165) is 25.2 Å². The van der Waals surface area contributed by atoms with Crippen LogP contribution >= 0.6 is 0 Å². The maximum absolute atomic E-state index is 11.4. The van der Waals surface area contributed by atoms with Crippen LogP contribution in [-0.4, -0.2) is 37.2 Å². The Labute approximate surface area is 109 Å². The van der Waals surface area contributed by atoms with Crippen molar-refractivity contribution in [1.29, 1.82) is 0 Å². The van der Waals surface area contributed by atoms with Crippen molar-refractivity contribution in [2.24, 2.45) is 0 Å². The molecule has 0 radical (unpaired) electrons. The Balaban J connectivity index is 2.14. The Morgan fingerprint density at radius 2 is 1.89 bits per heavy atom. The summed E-state index contributed by atoms with van der Waals surface area (Å²) in [5.41, 5.74) is 0.997. The summed E-state index contributed by atoms with van der Waals surface area (Å²) in [4.78, 5) is 13.7. The van der Waals surface area contributed by atoms with Gasteiger partial charge in [0.1, 0.15) is 6.61 Å². The monoisotopic (exact) mass is 251 g/mol. The highest BCUT2D eigenvalue weighted by atomic mass is 16.5. The third-order valence-electron chi connectivity index (χ3n) is 2.80. The summed E-state index contributed by atoms with van der Waals surface area (Å²) >= 11 is 0. The SMILES string of the molecule is CCN(CC)[13CH2]CNC(=O)OCc1ccccc1. The van der Waals surface area contributed by atoms with Gasteiger partial charge in [0.25, 0.3) is 0 Å². The van der Waals surface area contributed by atoms with E-state index < -0.39 is 0 Å². The molecular formula is C14H22N2O2. The van der Waals surface area contributed by atoms with Gasteiger partial charge in [0, 0.05) is 13.1 Å². The number of nitrogens with zero attached hydrogens (tertiary/aromatic N) is 1. The number of likely N-dealkylation sites (N-methyl/N-ethyl adjacent to an activating group) is 1. The lowest BCUT2D eigenvalue weighted by Gasteiger charge is -2.17. The predicted molar refractivity (Wildman–Crippen MR) is 72.4 cm³/mol. The highest BCUT2D eigenvalue weighted by Gasteiger charge is 2.03. The van der Waals surface area contributed by atoms with E-state index in [9.17, 15) is 4.79 Å². The van der Waals surface area contributed by atoms with E-state index in [1.807, 2.05) is 30.3 Å². The van der Waals surface area contributed by atoms with Crippen LogP contribution < -0.4 is 5.32 Å². The molecule has 18 heavy (non-hydrogen) atoms. The molecule has 100 valence electrons. The number of amides is 1. The van der Waals surface area contributed by atoms with Gasteiger partial charge in [-0.25, -0.2) is 4.79 Å². The summed E-state index contributed by atoms with van der Waals surface area (Å²) in [5, 5.41) is 2.75. The van der Waals surface area contributed by atoms with E-state index in [1.165, 1.54) is 0 Å². The van der Waals surface area contributed by atoms with Crippen molar-refractivity contribution in [2.75, 3.05) is 26.2 Å². The Bertz CT molecular complexity index is 337. The number of hydrogen-bond donors (Lipinski definition) is 1. The minimum Gasteiger partial charge on any atom is -0.445 e. The number of benzene rings is 1. The molecule has 0 aliphatic heterocycles. The second-order valence-corrected chi connectivity index (χ2v) is 4.02. The van der Waals surface area contributed by atoms with Crippen LogP contribution in [0, 0.1) is 0 Å². The van der Waals surface area contributed by atoms with Gasteiger partial charge in [-0.2, -0.15) is 0 Å². The summed E-state index contributed by atoms with van der Waals surface area (Å²) in [7, 11) is 0. The van der Waals surface area contributed by atoms with Gasteiger partial charge in [0.15, 0.2) is 0 Å². The molecule has 0 atom stereocenters. The summed E-state index contributed by atoms with van der Waals surface area (Å²) in [6.07, 6.45) is -0.356. The molecule has 0 heterocycles. The smallest absolute Gasteiger partial charge is 0.407 e. The topological polar surface area (TPSA) is 41.6 Å². The van der Waals surface area contributed by atoms with Crippen molar-refractivity contribution in [2.45, 2.75) is 20.5 Å².